The van der Waals surface area contributed by atoms with E-state index in [9.17, 15) is 13.2 Å². The number of hydrogen-bond acceptors (Lipinski definition) is 4. The number of nitrogens with one attached hydrogen (secondary N) is 1. The van der Waals surface area contributed by atoms with E-state index in [-0.39, 0.29) is 17.4 Å². The van der Waals surface area contributed by atoms with Gasteiger partial charge in [-0.25, -0.2) is 8.42 Å². The Kier molecular flexibility index (Phi) is 6.18. The van der Waals surface area contributed by atoms with Gasteiger partial charge >= 0.3 is 0 Å². The average Bonchev–Trinajstić information content (AvgIpc) is 3.17. The van der Waals surface area contributed by atoms with Crippen LogP contribution in [-0.4, -0.2) is 38.3 Å². The molecule has 0 spiro atoms. The second kappa shape index (κ2) is 8.41. The Labute approximate surface area is 167 Å². The molecule has 144 valence electrons. The molecule has 1 amide bonds. The largest absolute Gasteiger partial charge is 0.483 e. The molecule has 0 aromatic heterocycles. The van der Waals surface area contributed by atoms with Crippen LogP contribution in [0.4, 0.5) is 5.69 Å². The molecule has 1 heterocycles. The summed E-state index contributed by atoms with van der Waals surface area (Å²) in [5, 5.41) is 2.70. The van der Waals surface area contributed by atoms with Crippen LogP contribution in [0.2, 0.25) is 0 Å². The van der Waals surface area contributed by atoms with Crippen molar-refractivity contribution in [2.45, 2.75) is 24.7 Å². The fourth-order valence-electron chi connectivity index (χ4n) is 2.85. The number of sulfonamides is 1. The van der Waals surface area contributed by atoms with E-state index < -0.39 is 10.0 Å². The first-order valence-corrected chi connectivity index (χ1v) is 10.9. The third-order valence-corrected chi connectivity index (χ3v) is 6.82. The Morgan fingerprint density at radius 3 is 2.44 bits per heavy atom. The van der Waals surface area contributed by atoms with E-state index in [0.717, 1.165) is 22.9 Å². The lowest BCUT2D eigenvalue weighted by Crippen LogP contribution is -2.27. The average molecular weight is 453 g/mol. The van der Waals surface area contributed by atoms with Gasteiger partial charge in [-0.05, 0) is 77.7 Å². The first-order valence-electron chi connectivity index (χ1n) is 8.65. The maximum atomic E-state index is 12.5. The Morgan fingerprint density at radius 2 is 1.81 bits per heavy atom. The van der Waals surface area contributed by atoms with Gasteiger partial charge in [0, 0.05) is 18.8 Å². The number of rotatable bonds is 6. The summed E-state index contributed by atoms with van der Waals surface area (Å²) in [5.74, 6) is 0.264. The summed E-state index contributed by atoms with van der Waals surface area (Å²) in [6.45, 7) is 2.95. The molecule has 8 heteroatoms. The molecule has 0 atom stereocenters. The number of amides is 1. The normalized spacial score (nSPS) is 14.9. The van der Waals surface area contributed by atoms with Crippen molar-refractivity contribution in [2.24, 2.45) is 0 Å². The monoisotopic (exact) mass is 452 g/mol. The third kappa shape index (κ3) is 4.88. The zero-order chi connectivity index (χ0) is 19.4. The van der Waals surface area contributed by atoms with Crippen LogP contribution in [0.25, 0.3) is 0 Å². The van der Waals surface area contributed by atoms with Crippen molar-refractivity contribution in [1.82, 2.24) is 4.31 Å². The molecule has 3 rings (SSSR count). The van der Waals surface area contributed by atoms with Gasteiger partial charge in [0.1, 0.15) is 5.75 Å². The van der Waals surface area contributed by atoms with Crippen molar-refractivity contribution in [3.63, 3.8) is 0 Å². The summed E-state index contributed by atoms with van der Waals surface area (Å²) < 4.78 is 32.8. The van der Waals surface area contributed by atoms with Crippen LogP contribution in [0.3, 0.4) is 0 Å². The molecular formula is C19H21BrN2O4S. The highest BCUT2D eigenvalue weighted by molar-refractivity contribution is 9.10. The van der Waals surface area contributed by atoms with Crippen LogP contribution in [0.5, 0.6) is 5.75 Å². The van der Waals surface area contributed by atoms with E-state index in [4.69, 9.17) is 4.74 Å². The zero-order valence-corrected chi connectivity index (χ0v) is 17.3. The minimum Gasteiger partial charge on any atom is -0.483 e. The van der Waals surface area contributed by atoms with Gasteiger partial charge in [-0.3, -0.25) is 4.79 Å². The summed E-state index contributed by atoms with van der Waals surface area (Å²) >= 11 is 3.40. The van der Waals surface area contributed by atoms with Crippen LogP contribution in [0, 0.1) is 6.92 Å². The van der Waals surface area contributed by atoms with Crippen LogP contribution >= 0.6 is 15.9 Å². The Morgan fingerprint density at radius 1 is 1.15 bits per heavy atom. The molecule has 0 saturated carbocycles. The number of anilines is 1. The summed E-state index contributed by atoms with van der Waals surface area (Å²) in [6.07, 6.45) is 1.79. The second-order valence-electron chi connectivity index (χ2n) is 6.41. The molecular weight excluding hydrogens is 432 g/mol. The number of carbonyl (C=O) groups excluding carboxylic acids is 1. The minimum absolute atomic E-state index is 0.143. The first kappa shape index (κ1) is 19.9. The van der Waals surface area contributed by atoms with Gasteiger partial charge < -0.3 is 10.1 Å². The maximum absolute atomic E-state index is 12.5. The predicted octanol–water partition coefficient (Wildman–Crippen LogP) is 3.56. The van der Waals surface area contributed by atoms with Crippen LogP contribution < -0.4 is 10.1 Å². The van der Waals surface area contributed by atoms with Gasteiger partial charge in [0.25, 0.3) is 5.91 Å². The smallest absolute Gasteiger partial charge is 0.262 e. The minimum atomic E-state index is -3.45. The molecule has 0 unspecified atom stereocenters. The van der Waals surface area contributed by atoms with E-state index in [0.29, 0.717) is 24.5 Å². The highest BCUT2D eigenvalue weighted by Crippen LogP contribution is 2.26. The lowest BCUT2D eigenvalue weighted by atomic mass is 10.2. The number of hydrogen-bond donors (Lipinski definition) is 1. The van der Waals surface area contributed by atoms with Crippen molar-refractivity contribution in [2.75, 3.05) is 25.0 Å². The molecule has 1 aliphatic heterocycles. The second-order valence-corrected chi connectivity index (χ2v) is 9.20. The van der Waals surface area contributed by atoms with Gasteiger partial charge in [0.15, 0.2) is 6.61 Å². The van der Waals surface area contributed by atoms with Crippen molar-refractivity contribution in [1.29, 1.82) is 0 Å². The Hall–Kier alpha value is -1.90. The van der Waals surface area contributed by atoms with Gasteiger partial charge in [-0.2, -0.15) is 4.31 Å². The fourth-order valence-corrected chi connectivity index (χ4v) is 4.98. The van der Waals surface area contributed by atoms with Crippen molar-refractivity contribution in [3.05, 3.63) is 52.5 Å². The Balaban J connectivity index is 1.58. The highest BCUT2D eigenvalue weighted by Gasteiger charge is 2.26. The van der Waals surface area contributed by atoms with Crippen molar-refractivity contribution < 1.29 is 17.9 Å². The molecule has 1 saturated heterocycles. The molecule has 1 aliphatic rings. The number of halogens is 1. The summed E-state index contributed by atoms with van der Waals surface area (Å²) in [4.78, 5) is 12.3. The van der Waals surface area contributed by atoms with Gasteiger partial charge in [0.2, 0.25) is 10.0 Å². The van der Waals surface area contributed by atoms with Crippen LogP contribution in [-0.2, 0) is 14.8 Å². The van der Waals surface area contributed by atoms with Gasteiger partial charge in [0.05, 0.1) is 9.37 Å². The SMILES string of the molecule is Cc1ccc(OCC(=O)Nc2ccc(S(=O)(=O)N3CCCC3)cc2)c(Br)c1. The van der Waals surface area contributed by atoms with Crippen molar-refractivity contribution >= 4 is 37.5 Å². The summed E-state index contributed by atoms with van der Waals surface area (Å²) in [5.41, 5.74) is 1.61. The molecule has 6 nitrogen and oxygen atoms in total. The molecule has 0 radical (unpaired) electrons. The number of carbonyl (C=O) groups is 1. The van der Waals surface area contributed by atoms with E-state index in [1.54, 1.807) is 18.2 Å². The third-order valence-electron chi connectivity index (χ3n) is 4.29. The lowest BCUT2D eigenvalue weighted by molar-refractivity contribution is -0.118. The maximum Gasteiger partial charge on any atom is 0.262 e. The van der Waals surface area contributed by atoms with E-state index in [1.165, 1.54) is 16.4 Å². The quantitative estimate of drug-likeness (QED) is 0.726. The predicted molar refractivity (Wildman–Crippen MR) is 107 cm³/mol. The fraction of sp³-hybridized carbons (Fsp3) is 0.316. The van der Waals surface area contributed by atoms with Gasteiger partial charge in [-0.1, -0.05) is 6.07 Å². The molecule has 0 bridgehead atoms. The first-order chi connectivity index (χ1) is 12.9. The summed E-state index contributed by atoms with van der Waals surface area (Å²) in [6, 6.07) is 11.8. The zero-order valence-electron chi connectivity index (χ0n) is 14.9. The highest BCUT2D eigenvalue weighted by atomic mass is 79.9. The molecule has 27 heavy (non-hydrogen) atoms. The molecule has 1 fully saturated rings. The topological polar surface area (TPSA) is 75.7 Å². The molecule has 2 aromatic carbocycles. The van der Waals surface area contributed by atoms with Crippen LogP contribution in [0.1, 0.15) is 18.4 Å². The van der Waals surface area contributed by atoms with E-state index in [1.807, 2.05) is 19.1 Å². The molecule has 0 aliphatic carbocycles. The number of ether oxygens (including phenoxy) is 1. The molecule has 1 N–H and O–H groups in total. The number of benzene rings is 2. The Bertz CT molecular complexity index is 923. The molecule has 2 aromatic rings. The number of nitrogens with zero attached hydrogens (tertiary/aromatic N) is 1. The van der Waals surface area contributed by atoms with Crippen molar-refractivity contribution in [3.8, 4) is 5.75 Å². The van der Waals surface area contributed by atoms with Crippen LogP contribution in [0.15, 0.2) is 51.8 Å². The number of aryl methyl sites for hydroxylation is 1. The van der Waals surface area contributed by atoms with E-state index >= 15 is 0 Å². The summed E-state index contributed by atoms with van der Waals surface area (Å²) in [7, 11) is -3.45. The van der Waals surface area contributed by atoms with Gasteiger partial charge in [-0.15, -0.1) is 0 Å². The van der Waals surface area contributed by atoms with E-state index in [2.05, 4.69) is 21.2 Å². The standard InChI is InChI=1S/C19H21BrN2O4S/c1-14-4-9-18(17(20)12-14)26-13-19(23)21-15-5-7-16(8-6-15)27(24,25)22-10-2-3-11-22/h4-9,12H,2-3,10-11,13H2,1H3,(H,21,23). The lowest BCUT2D eigenvalue weighted by Gasteiger charge is -2.15.